The first kappa shape index (κ1) is 14.6. The maximum atomic E-state index is 13.0. The molecule has 0 bridgehead atoms. The van der Waals surface area contributed by atoms with Crippen molar-refractivity contribution in [3.8, 4) is 0 Å². The predicted molar refractivity (Wildman–Crippen MR) is 80.8 cm³/mol. The summed E-state index contributed by atoms with van der Waals surface area (Å²) in [6.45, 7) is 8.06. The van der Waals surface area contributed by atoms with Gasteiger partial charge in [0.05, 0.1) is 5.41 Å². The second-order valence-electron chi connectivity index (χ2n) is 6.85. The van der Waals surface area contributed by atoms with E-state index in [0.717, 1.165) is 41.8 Å². The van der Waals surface area contributed by atoms with E-state index in [1.807, 2.05) is 33.8 Å². The number of rotatable bonds is 2. The first-order chi connectivity index (χ1) is 8.77. The van der Waals surface area contributed by atoms with Crippen LogP contribution in [-0.4, -0.2) is 5.78 Å². The number of hydrogen-bond donors (Lipinski definition) is 0. The predicted octanol–water partition coefficient (Wildman–Crippen LogP) is 5.08. The zero-order chi connectivity index (χ0) is 14.3. The molecule has 0 unspecified atom stereocenters. The van der Waals surface area contributed by atoms with Crippen LogP contribution < -0.4 is 0 Å². The average Bonchev–Trinajstić information content (AvgIpc) is 2.76. The van der Waals surface area contributed by atoms with Crippen molar-refractivity contribution in [2.24, 2.45) is 5.41 Å². The van der Waals surface area contributed by atoms with Crippen LogP contribution in [0.25, 0.3) is 0 Å². The normalized spacial score (nSPS) is 18.6. The summed E-state index contributed by atoms with van der Waals surface area (Å²) in [6.07, 6.45) is 4.11. The Labute approximate surface area is 121 Å². The molecular weight excluding hydrogens is 256 g/mol. The van der Waals surface area contributed by atoms with Gasteiger partial charge in [0.15, 0.2) is 0 Å². The van der Waals surface area contributed by atoms with E-state index in [-0.39, 0.29) is 10.8 Å². The quantitative estimate of drug-likeness (QED) is 0.738. The van der Waals surface area contributed by atoms with Crippen LogP contribution in [0.3, 0.4) is 0 Å². The van der Waals surface area contributed by atoms with Crippen molar-refractivity contribution in [1.82, 2.24) is 0 Å². The molecule has 104 valence electrons. The van der Waals surface area contributed by atoms with Crippen LogP contribution in [0, 0.1) is 12.3 Å². The molecule has 0 heterocycles. The Bertz CT molecular complexity index is 490. The van der Waals surface area contributed by atoms with E-state index in [4.69, 9.17) is 11.6 Å². The Hall–Kier alpha value is -0.820. The van der Waals surface area contributed by atoms with Crippen LogP contribution in [0.4, 0.5) is 0 Å². The van der Waals surface area contributed by atoms with Gasteiger partial charge in [0.25, 0.3) is 0 Å². The summed E-state index contributed by atoms with van der Waals surface area (Å²) in [4.78, 5) is 13.0. The zero-order valence-electron chi connectivity index (χ0n) is 12.3. The number of hydrogen-bond acceptors (Lipinski definition) is 1. The van der Waals surface area contributed by atoms with E-state index in [1.54, 1.807) is 0 Å². The third-order valence-electron chi connectivity index (χ3n) is 4.21. The molecule has 0 saturated heterocycles. The summed E-state index contributed by atoms with van der Waals surface area (Å²) in [7, 11) is 0. The summed E-state index contributed by atoms with van der Waals surface area (Å²) in [6, 6.07) is 6.11. The fourth-order valence-corrected chi connectivity index (χ4v) is 3.74. The average molecular weight is 279 g/mol. The highest BCUT2D eigenvalue weighted by atomic mass is 35.5. The van der Waals surface area contributed by atoms with Gasteiger partial charge >= 0.3 is 0 Å². The summed E-state index contributed by atoms with van der Waals surface area (Å²) < 4.78 is 0. The molecule has 0 aliphatic heterocycles. The molecule has 0 atom stereocenters. The van der Waals surface area contributed by atoms with Crippen molar-refractivity contribution >= 4 is 17.4 Å². The van der Waals surface area contributed by atoms with Gasteiger partial charge in [-0.2, -0.15) is 0 Å². The van der Waals surface area contributed by atoms with Crippen LogP contribution in [0.15, 0.2) is 18.2 Å². The number of aryl methyl sites for hydroxylation is 1. The molecule has 2 heteroatoms. The largest absolute Gasteiger partial charge is 0.298 e. The van der Waals surface area contributed by atoms with E-state index in [0.29, 0.717) is 5.78 Å². The molecule has 2 rings (SSSR count). The highest BCUT2D eigenvalue weighted by Crippen LogP contribution is 2.48. The zero-order valence-corrected chi connectivity index (χ0v) is 13.1. The lowest BCUT2D eigenvalue weighted by atomic mass is 9.67. The van der Waals surface area contributed by atoms with Crippen LogP contribution in [-0.2, 0) is 10.2 Å². The highest BCUT2D eigenvalue weighted by Gasteiger charge is 2.47. The Morgan fingerprint density at radius 3 is 2.26 bits per heavy atom. The lowest BCUT2D eigenvalue weighted by molar-refractivity contribution is -0.132. The van der Waals surface area contributed by atoms with Gasteiger partial charge < -0.3 is 0 Å². The van der Waals surface area contributed by atoms with Gasteiger partial charge in [0.1, 0.15) is 5.78 Å². The van der Waals surface area contributed by atoms with E-state index >= 15 is 0 Å². The van der Waals surface area contributed by atoms with E-state index < -0.39 is 0 Å². The number of Topliss-reactive ketones (excluding diaryl/α,β-unsaturated/α-hetero) is 1. The minimum Gasteiger partial charge on any atom is -0.298 e. The second-order valence-corrected chi connectivity index (χ2v) is 7.26. The van der Waals surface area contributed by atoms with Crippen LogP contribution in [0.5, 0.6) is 0 Å². The summed E-state index contributed by atoms with van der Waals surface area (Å²) >= 11 is 6.44. The van der Waals surface area contributed by atoms with Crippen molar-refractivity contribution in [2.75, 3.05) is 0 Å². The van der Waals surface area contributed by atoms with E-state index in [9.17, 15) is 4.79 Å². The maximum absolute atomic E-state index is 13.0. The maximum Gasteiger partial charge on any atom is 0.148 e. The minimum atomic E-state index is -0.358. The van der Waals surface area contributed by atoms with Crippen molar-refractivity contribution in [3.05, 3.63) is 34.3 Å². The highest BCUT2D eigenvalue weighted by molar-refractivity contribution is 6.32. The van der Waals surface area contributed by atoms with Gasteiger partial charge in [-0.25, -0.2) is 0 Å². The molecular formula is C17H23ClO. The number of carbonyl (C=O) groups excluding carboxylic acids is 1. The number of benzene rings is 1. The monoisotopic (exact) mass is 278 g/mol. The molecule has 1 aromatic carbocycles. The van der Waals surface area contributed by atoms with Crippen molar-refractivity contribution < 1.29 is 4.79 Å². The Morgan fingerprint density at radius 1 is 1.21 bits per heavy atom. The Balaban J connectivity index is 2.54. The molecule has 1 aliphatic rings. The molecule has 1 nitrogen and oxygen atoms in total. The van der Waals surface area contributed by atoms with E-state index in [1.165, 1.54) is 0 Å². The number of halogens is 1. The summed E-state index contributed by atoms with van der Waals surface area (Å²) in [5.74, 6) is 0.336. The first-order valence-electron chi connectivity index (χ1n) is 7.09. The third kappa shape index (κ3) is 2.58. The Morgan fingerprint density at radius 2 is 1.79 bits per heavy atom. The second kappa shape index (κ2) is 4.94. The van der Waals surface area contributed by atoms with Crippen LogP contribution in [0.1, 0.15) is 57.6 Å². The van der Waals surface area contributed by atoms with Crippen LogP contribution in [0.2, 0.25) is 5.02 Å². The van der Waals surface area contributed by atoms with Crippen molar-refractivity contribution in [1.29, 1.82) is 0 Å². The fraction of sp³-hybridized carbons (Fsp3) is 0.588. The first-order valence-corrected chi connectivity index (χ1v) is 7.47. The van der Waals surface area contributed by atoms with E-state index in [2.05, 4.69) is 12.1 Å². The van der Waals surface area contributed by atoms with Crippen molar-refractivity contribution in [2.45, 2.75) is 58.8 Å². The van der Waals surface area contributed by atoms with Gasteiger partial charge in [-0.1, -0.05) is 57.3 Å². The summed E-state index contributed by atoms with van der Waals surface area (Å²) in [5, 5.41) is 0.750. The summed E-state index contributed by atoms with van der Waals surface area (Å²) in [5.41, 5.74) is 1.50. The molecule has 1 fully saturated rings. The molecule has 1 aromatic rings. The van der Waals surface area contributed by atoms with Gasteiger partial charge in [-0.15, -0.1) is 0 Å². The molecule has 0 N–H and O–H groups in total. The smallest absolute Gasteiger partial charge is 0.148 e. The van der Waals surface area contributed by atoms with Gasteiger partial charge in [0, 0.05) is 10.4 Å². The third-order valence-corrected chi connectivity index (χ3v) is 4.53. The molecule has 1 saturated carbocycles. The molecule has 0 amide bonds. The Kier molecular flexibility index (Phi) is 3.79. The SMILES string of the molecule is Cc1ccc(C2(C(=O)C(C)(C)C)CCCC2)c(Cl)c1. The number of ketones is 1. The van der Waals surface area contributed by atoms with Gasteiger partial charge in [-0.05, 0) is 37.0 Å². The molecule has 0 aromatic heterocycles. The number of carbonyl (C=O) groups is 1. The molecule has 1 aliphatic carbocycles. The minimum absolute atomic E-state index is 0.321. The lowest BCUT2D eigenvalue weighted by Gasteiger charge is -2.35. The lowest BCUT2D eigenvalue weighted by Crippen LogP contribution is -2.41. The fourth-order valence-electron chi connectivity index (χ4n) is 3.32. The van der Waals surface area contributed by atoms with Crippen molar-refractivity contribution in [3.63, 3.8) is 0 Å². The molecule has 19 heavy (non-hydrogen) atoms. The standard InChI is InChI=1S/C17H23ClO/c1-12-7-8-13(14(18)11-12)17(9-5-6-10-17)15(19)16(2,3)4/h7-8,11H,5-6,9-10H2,1-4H3. The van der Waals surface area contributed by atoms with Gasteiger partial charge in [0.2, 0.25) is 0 Å². The molecule has 0 radical (unpaired) electrons. The van der Waals surface area contributed by atoms with Crippen LogP contribution >= 0.6 is 11.6 Å². The topological polar surface area (TPSA) is 17.1 Å². The van der Waals surface area contributed by atoms with Gasteiger partial charge in [-0.3, -0.25) is 4.79 Å². The molecule has 0 spiro atoms.